The third-order valence-electron chi connectivity index (χ3n) is 4.67. The molecule has 150 valence electrons. The van der Waals surface area contributed by atoms with Crippen LogP contribution in [0.5, 0.6) is 5.75 Å². The van der Waals surface area contributed by atoms with Gasteiger partial charge in [0, 0.05) is 24.3 Å². The summed E-state index contributed by atoms with van der Waals surface area (Å²) in [6.45, 7) is 0.906. The normalized spacial score (nSPS) is 16.1. The first-order valence-electron chi connectivity index (χ1n) is 8.77. The van der Waals surface area contributed by atoms with Gasteiger partial charge in [0.05, 0.1) is 18.7 Å². The quantitative estimate of drug-likeness (QED) is 0.761. The smallest absolute Gasteiger partial charge is 0.253 e. The molecule has 1 atom stereocenters. The van der Waals surface area contributed by atoms with E-state index >= 15 is 0 Å². The van der Waals surface area contributed by atoms with E-state index in [9.17, 15) is 14.0 Å². The number of benzene rings is 2. The van der Waals surface area contributed by atoms with Gasteiger partial charge in [-0.1, -0.05) is 0 Å². The van der Waals surface area contributed by atoms with Crippen molar-refractivity contribution in [1.82, 2.24) is 4.90 Å². The fraction of sp³-hybridized carbons (Fsp3) is 0.300. The number of likely N-dealkylation sites (tertiary alicyclic amines) is 1. The Bertz CT molecular complexity index is 845. The maximum Gasteiger partial charge on any atom is 0.253 e. The number of ether oxygens (including phenoxy) is 1. The van der Waals surface area contributed by atoms with Crippen LogP contribution in [0.1, 0.15) is 23.2 Å². The Hall–Kier alpha value is -2.80. The lowest BCUT2D eigenvalue weighted by atomic mass is 9.96. The Kier molecular flexibility index (Phi) is 7.23. The largest absolute Gasteiger partial charge is 0.495 e. The summed E-state index contributed by atoms with van der Waals surface area (Å²) in [6.07, 6.45) is 1.43. The number of rotatable bonds is 4. The maximum atomic E-state index is 13.0. The van der Waals surface area contributed by atoms with Crippen LogP contribution in [0.3, 0.4) is 0 Å². The van der Waals surface area contributed by atoms with E-state index in [1.165, 1.54) is 31.4 Å². The molecule has 2 aromatic rings. The zero-order chi connectivity index (χ0) is 19.4. The highest BCUT2D eigenvalue weighted by molar-refractivity contribution is 5.96. The van der Waals surface area contributed by atoms with Crippen LogP contribution in [0.4, 0.5) is 15.8 Å². The SMILES string of the molecule is COc1ccc(NC(=O)C2CCCN(C(=O)c3ccc(F)cc3)C2)cc1N.Cl. The number of piperidine rings is 1. The van der Waals surface area contributed by atoms with Crippen LogP contribution in [-0.2, 0) is 4.79 Å². The molecule has 0 aliphatic carbocycles. The minimum absolute atomic E-state index is 0. The van der Waals surface area contributed by atoms with Crippen LogP contribution in [0.2, 0.25) is 0 Å². The Balaban J connectivity index is 0.00000280. The molecule has 3 rings (SSSR count). The van der Waals surface area contributed by atoms with Gasteiger partial charge in [-0.3, -0.25) is 9.59 Å². The fourth-order valence-electron chi connectivity index (χ4n) is 3.21. The van der Waals surface area contributed by atoms with Crippen molar-refractivity contribution in [1.29, 1.82) is 0 Å². The molecular formula is C20H23ClFN3O3. The second-order valence-corrected chi connectivity index (χ2v) is 6.54. The zero-order valence-corrected chi connectivity index (χ0v) is 16.3. The third-order valence-corrected chi connectivity index (χ3v) is 4.67. The molecule has 1 heterocycles. The highest BCUT2D eigenvalue weighted by Crippen LogP contribution is 2.26. The van der Waals surface area contributed by atoms with Crippen molar-refractivity contribution in [2.24, 2.45) is 5.92 Å². The van der Waals surface area contributed by atoms with Crippen LogP contribution >= 0.6 is 12.4 Å². The van der Waals surface area contributed by atoms with Crippen LogP contribution in [-0.4, -0.2) is 36.9 Å². The van der Waals surface area contributed by atoms with E-state index in [0.29, 0.717) is 42.2 Å². The van der Waals surface area contributed by atoms with Crippen molar-refractivity contribution in [2.75, 3.05) is 31.2 Å². The average Bonchev–Trinajstić information content (AvgIpc) is 2.68. The number of hydrogen-bond acceptors (Lipinski definition) is 4. The molecule has 3 N–H and O–H groups in total. The van der Waals surface area contributed by atoms with Crippen molar-refractivity contribution in [3.05, 3.63) is 53.8 Å². The van der Waals surface area contributed by atoms with Crippen LogP contribution in [0, 0.1) is 11.7 Å². The molecule has 1 saturated heterocycles. The molecule has 0 spiro atoms. The topological polar surface area (TPSA) is 84.7 Å². The predicted octanol–water partition coefficient (Wildman–Crippen LogP) is 3.33. The molecule has 0 radical (unpaired) electrons. The molecule has 2 amide bonds. The van der Waals surface area contributed by atoms with E-state index in [-0.39, 0.29) is 36.0 Å². The van der Waals surface area contributed by atoms with Gasteiger partial charge < -0.3 is 20.7 Å². The van der Waals surface area contributed by atoms with Gasteiger partial charge in [-0.15, -0.1) is 12.4 Å². The van der Waals surface area contributed by atoms with Gasteiger partial charge in [0.2, 0.25) is 5.91 Å². The lowest BCUT2D eigenvalue weighted by molar-refractivity contribution is -0.121. The summed E-state index contributed by atoms with van der Waals surface area (Å²) in [6, 6.07) is 10.5. The summed E-state index contributed by atoms with van der Waals surface area (Å²) in [4.78, 5) is 26.8. The molecule has 1 aliphatic heterocycles. The number of nitrogens with zero attached hydrogens (tertiary/aromatic N) is 1. The Morgan fingerprint density at radius 2 is 1.93 bits per heavy atom. The zero-order valence-electron chi connectivity index (χ0n) is 15.5. The highest BCUT2D eigenvalue weighted by Gasteiger charge is 2.29. The molecule has 28 heavy (non-hydrogen) atoms. The first kappa shape index (κ1) is 21.5. The monoisotopic (exact) mass is 407 g/mol. The molecule has 2 aromatic carbocycles. The maximum absolute atomic E-state index is 13.0. The average molecular weight is 408 g/mol. The van der Waals surface area contributed by atoms with Gasteiger partial charge in [-0.25, -0.2) is 4.39 Å². The number of hydrogen-bond donors (Lipinski definition) is 2. The van der Waals surface area contributed by atoms with Gasteiger partial charge in [-0.2, -0.15) is 0 Å². The van der Waals surface area contributed by atoms with E-state index in [4.69, 9.17) is 10.5 Å². The van der Waals surface area contributed by atoms with E-state index in [1.54, 1.807) is 23.1 Å². The number of nitrogen functional groups attached to an aromatic ring is 1. The number of carbonyl (C=O) groups is 2. The first-order valence-corrected chi connectivity index (χ1v) is 8.77. The lowest BCUT2D eigenvalue weighted by Crippen LogP contribution is -2.43. The molecule has 6 nitrogen and oxygen atoms in total. The number of amides is 2. The number of halogens is 2. The van der Waals surface area contributed by atoms with Crippen molar-refractivity contribution in [3.63, 3.8) is 0 Å². The number of nitrogens with two attached hydrogens (primary N) is 1. The molecule has 0 bridgehead atoms. The van der Waals surface area contributed by atoms with E-state index in [0.717, 1.165) is 6.42 Å². The minimum atomic E-state index is -0.388. The number of anilines is 2. The molecule has 1 fully saturated rings. The second kappa shape index (κ2) is 9.41. The molecule has 0 saturated carbocycles. The predicted molar refractivity (Wildman–Crippen MR) is 108 cm³/mol. The van der Waals surface area contributed by atoms with Crippen molar-refractivity contribution in [2.45, 2.75) is 12.8 Å². The van der Waals surface area contributed by atoms with E-state index < -0.39 is 0 Å². The summed E-state index contributed by atoms with van der Waals surface area (Å²) in [5.41, 5.74) is 7.30. The minimum Gasteiger partial charge on any atom is -0.495 e. The van der Waals surface area contributed by atoms with Crippen molar-refractivity contribution in [3.8, 4) is 5.75 Å². The number of methoxy groups -OCH3 is 1. The molecule has 1 unspecified atom stereocenters. The fourth-order valence-corrected chi connectivity index (χ4v) is 3.21. The summed E-state index contributed by atoms with van der Waals surface area (Å²) in [7, 11) is 1.53. The van der Waals surface area contributed by atoms with Crippen LogP contribution in [0.25, 0.3) is 0 Å². The van der Waals surface area contributed by atoms with Gasteiger partial charge in [0.25, 0.3) is 5.91 Å². The summed E-state index contributed by atoms with van der Waals surface area (Å²) in [5, 5.41) is 2.85. The van der Waals surface area contributed by atoms with Gasteiger partial charge in [0.1, 0.15) is 11.6 Å². The van der Waals surface area contributed by atoms with E-state index in [1.807, 2.05) is 0 Å². The summed E-state index contributed by atoms with van der Waals surface area (Å²) >= 11 is 0. The highest BCUT2D eigenvalue weighted by atomic mass is 35.5. The molecule has 1 aliphatic rings. The standard InChI is InChI=1S/C20H22FN3O3.ClH/c1-27-18-9-8-16(11-17(18)22)23-19(25)14-3-2-10-24(12-14)20(26)13-4-6-15(21)7-5-13;/h4-9,11,14H,2-3,10,12,22H2,1H3,(H,23,25);1H. The first-order chi connectivity index (χ1) is 13.0. The summed E-state index contributed by atoms with van der Waals surface area (Å²) in [5.74, 6) is -0.508. The number of nitrogens with one attached hydrogen (secondary N) is 1. The molecular weight excluding hydrogens is 385 g/mol. The van der Waals surface area contributed by atoms with Gasteiger partial charge in [-0.05, 0) is 55.3 Å². The number of carbonyl (C=O) groups excluding carboxylic acids is 2. The van der Waals surface area contributed by atoms with E-state index in [2.05, 4.69) is 5.32 Å². The molecule has 0 aromatic heterocycles. The molecule has 8 heteroatoms. The van der Waals surface area contributed by atoms with Crippen molar-refractivity contribution < 1.29 is 18.7 Å². The Morgan fingerprint density at radius 3 is 2.57 bits per heavy atom. The Morgan fingerprint density at radius 1 is 1.21 bits per heavy atom. The Labute approximate surface area is 169 Å². The second-order valence-electron chi connectivity index (χ2n) is 6.54. The van der Waals surface area contributed by atoms with Gasteiger partial charge in [0.15, 0.2) is 0 Å². The lowest BCUT2D eigenvalue weighted by Gasteiger charge is -2.32. The third kappa shape index (κ3) is 4.92. The summed E-state index contributed by atoms with van der Waals surface area (Å²) < 4.78 is 18.2. The van der Waals surface area contributed by atoms with Crippen LogP contribution in [0.15, 0.2) is 42.5 Å². The van der Waals surface area contributed by atoms with Crippen LogP contribution < -0.4 is 15.8 Å². The van der Waals surface area contributed by atoms with Gasteiger partial charge >= 0.3 is 0 Å². The van der Waals surface area contributed by atoms with Crippen molar-refractivity contribution >= 4 is 35.6 Å².